The van der Waals surface area contributed by atoms with E-state index in [0.29, 0.717) is 11.5 Å². The highest BCUT2D eigenvalue weighted by Crippen LogP contribution is 2.33. The Morgan fingerprint density at radius 2 is 1.88 bits per heavy atom. The molecule has 0 amide bonds. The third-order valence-corrected chi connectivity index (χ3v) is 4.88. The van der Waals surface area contributed by atoms with Gasteiger partial charge in [0.05, 0.1) is 0 Å². The molecule has 0 radical (unpaired) electrons. The van der Waals surface area contributed by atoms with E-state index in [0.717, 1.165) is 12.0 Å². The number of nitrogens with one attached hydrogen (secondary N) is 1. The zero-order chi connectivity index (χ0) is 12.5. The SMILES string of the molecule is CC(C1CCC1)N1CCCNC(C(C)(C)C)C1. The van der Waals surface area contributed by atoms with E-state index >= 15 is 0 Å². The van der Waals surface area contributed by atoms with Crippen molar-refractivity contribution in [2.24, 2.45) is 11.3 Å². The summed E-state index contributed by atoms with van der Waals surface area (Å²) < 4.78 is 0. The molecule has 2 heteroatoms. The molecule has 0 aromatic heterocycles. The second kappa shape index (κ2) is 5.27. The largest absolute Gasteiger partial charge is 0.312 e. The van der Waals surface area contributed by atoms with Crippen LogP contribution in [-0.4, -0.2) is 36.6 Å². The third-order valence-electron chi connectivity index (χ3n) is 4.88. The van der Waals surface area contributed by atoms with Crippen LogP contribution >= 0.6 is 0 Å². The van der Waals surface area contributed by atoms with Crippen LogP contribution in [0.5, 0.6) is 0 Å². The summed E-state index contributed by atoms with van der Waals surface area (Å²) in [6.45, 7) is 13.3. The summed E-state index contributed by atoms with van der Waals surface area (Å²) in [4.78, 5) is 2.75. The Kier molecular flexibility index (Phi) is 4.14. The molecular formula is C15H30N2. The normalized spacial score (nSPS) is 30.7. The second-order valence-electron chi connectivity index (χ2n) is 7.15. The molecule has 2 rings (SSSR count). The van der Waals surface area contributed by atoms with E-state index in [-0.39, 0.29) is 0 Å². The second-order valence-corrected chi connectivity index (χ2v) is 7.15. The average molecular weight is 238 g/mol. The lowest BCUT2D eigenvalue weighted by atomic mass is 9.79. The van der Waals surface area contributed by atoms with Crippen molar-refractivity contribution in [2.75, 3.05) is 19.6 Å². The third kappa shape index (κ3) is 3.23. The van der Waals surface area contributed by atoms with Crippen molar-refractivity contribution in [3.05, 3.63) is 0 Å². The molecule has 0 aromatic carbocycles. The van der Waals surface area contributed by atoms with E-state index in [2.05, 4.69) is 37.9 Å². The van der Waals surface area contributed by atoms with Gasteiger partial charge in [0, 0.05) is 18.6 Å². The minimum Gasteiger partial charge on any atom is -0.312 e. The van der Waals surface area contributed by atoms with Gasteiger partial charge in [-0.25, -0.2) is 0 Å². The Balaban J connectivity index is 1.96. The van der Waals surface area contributed by atoms with Gasteiger partial charge in [0.1, 0.15) is 0 Å². The van der Waals surface area contributed by atoms with Crippen LogP contribution in [0, 0.1) is 11.3 Å². The van der Waals surface area contributed by atoms with Gasteiger partial charge in [0.2, 0.25) is 0 Å². The molecule has 1 aliphatic carbocycles. The van der Waals surface area contributed by atoms with Crippen molar-refractivity contribution >= 4 is 0 Å². The first kappa shape index (κ1) is 13.4. The zero-order valence-electron chi connectivity index (χ0n) is 12.1. The lowest BCUT2D eigenvalue weighted by molar-refractivity contribution is 0.0910. The molecule has 1 N–H and O–H groups in total. The van der Waals surface area contributed by atoms with Gasteiger partial charge in [0.15, 0.2) is 0 Å². The van der Waals surface area contributed by atoms with E-state index in [1.807, 2.05) is 0 Å². The lowest BCUT2D eigenvalue weighted by Crippen LogP contribution is -2.50. The Bertz CT molecular complexity index is 240. The van der Waals surface area contributed by atoms with Gasteiger partial charge in [-0.15, -0.1) is 0 Å². The molecule has 17 heavy (non-hydrogen) atoms. The van der Waals surface area contributed by atoms with Gasteiger partial charge in [-0.3, -0.25) is 4.90 Å². The first-order valence-corrected chi connectivity index (χ1v) is 7.46. The zero-order valence-corrected chi connectivity index (χ0v) is 12.1. The molecular weight excluding hydrogens is 208 g/mol. The highest BCUT2D eigenvalue weighted by atomic mass is 15.2. The fourth-order valence-electron chi connectivity index (χ4n) is 3.12. The number of hydrogen-bond acceptors (Lipinski definition) is 2. The fraction of sp³-hybridized carbons (Fsp3) is 1.00. The fourth-order valence-corrected chi connectivity index (χ4v) is 3.12. The maximum Gasteiger partial charge on any atom is 0.0243 e. The molecule has 2 fully saturated rings. The monoisotopic (exact) mass is 238 g/mol. The quantitative estimate of drug-likeness (QED) is 0.796. The standard InChI is InChI=1S/C15H30N2/c1-12(13-7-5-8-13)17-10-6-9-16-14(11-17)15(2,3)4/h12-14,16H,5-11H2,1-4H3. The van der Waals surface area contributed by atoms with E-state index in [9.17, 15) is 0 Å². The van der Waals surface area contributed by atoms with Crippen LogP contribution in [0.2, 0.25) is 0 Å². The number of rotatable bonds is 2. The Morgan fingerprint density at radius 1 is 1.18 bits per heavy atom. The van der Waals surface area contributed by atoms with Gasteiger partial charge >= 0.3 is 0 Å². The molecule has 1 heterocycles. The molecule has 2 aliphatic rings. The van der Waals surface area contributed by atoms with Crippen LogP contribution in [-0.2, 0) is 0 Å². The van der Waals surface area contributed by atoms with Crippen LogP contribution in [0.1, 0.15) is 53.4 Å². The van der Waals surface area contributed by atoms with Crippen LogP contribution < -0.4 is 5.32 Å². The molecule has 100 valence electrons. The maximum atomic E-state index is 3.74. The molecule has 1 saturated heterocycles. The van der Waals surface area contributed by atoms with Gasteiger partial charge in [0.25, 0.3) is 0 Å². The van der Waals surface area contributed by atoms with Gasteiger partial charge in [-0.2, -0.15) is 0 Å². The molecule has 0 aromatic rings. The predicted molar refractivity (Wildman–Crippen MR) is 74.2 cm³/mol. The molecule has 0 bridgehead atoms. The number of hydrogen-bond donors (Lipinski definition) is 1. The van der Waals surface area contributed by atoms with Crippen molar-refractivity contribution < 1.29 is 0 Å². The lowest BCUT2D eigenvalue weighted by Gasteiger charge is -2.41. The van der Waals surface area contributed by atoms with Gasteiger partial charge < -0.3 is 5.32 Å². The summed E-state index contributed by atoms with van der Waals surface area (Å²) in [5.74, 6) is 0.980. The van der Waals surface area contributed by atoms with Crippen LogP contribution in [0.25, 0.3) is 0 Å². The van der Waals surface area contributed by atoms with Crippen LogP contribution in [0.3, 0.4) is 0 Å². The van der Waals surface area contributed by atoms with E-state index in [1.54, 1.807) is 0 Å². The molecule has 2 atom stereocenters. The highest BCUT2D eigenvalue weighted by molar-refractivity contribution is 4.90. The van der Waals surface area contributed by atoms with Crippen molar-refractivity contribution in [2.45, 2.75) is 65.5 Å². The Morgan fingerprint density at radius 3 is 2.41 bits per heavy atom. The average Bonchev–Trinajstić information content (AvgIpc) is 2.38. The number of nitrogens with zero attached hydrogens (tertiary/aromatic N) is 1. The van der Waals surface area contributed by atoms with Gasteiger partial charge in [-0.05, 0) is 50.6 Å². The molecule has 2 nitrogen and oxygen atoms in total. The van der Waals surface area contributed by atoms with E-state index in [1.165, 1.54) is 45.3 Å². The van der Waals surface area contributed by atoms with E-state index < -0.39 is 0 Å². The minimum absolute atomic E-state index is 0.377. The first-order valence-electron chi connectivity index (χ1n) is 7.46. The molecule has 0 spiro atoms. The van der Waals surface area contributed by atoms with Crippen molar-refractivity contribution in [1.82, 2.24) is 10.2 Å². The summed E-state index contributed by atoms with van der Waals surface area (Å²) in [5.41, 5.74) is 0.377. The summed E-state index contributed by atoms with van der Waals surface area (Å²) in [6.07, 6.45) is 5.70. The Hall–Kier alpha value is -0.0800. The van der Waals surface area contributed by atoms with Crippen molar-refractivity contribution in [1.29, 1.82) is 0 Å². The van der Waals surface area contributed by atoms with Crippen molar-refractivity contribution in [3.63, 3.8) is 0 Å². The van der Waals surface area contributed by atoms with Crippen molar-refractivity contribution in [3.8, 4) is 0 Å². The topological polar surface area (TPSA) is 15.3 Å². The minimum atomic E-state index is 0.377. The summed E-state index contributed by atoms with van der Waals surface area (Å²) in [5, 5.41) is 3.74. The molecule has 2 unspecified atom stereocenters. The molecule has 1 aliphatic heterocycles. The van der Waals surface area contributed by atoms with Gasteiger partial charge in [-0.1, -0.05) is 27.2 Å². The Labute approximate surface area is 107 Å². The first-order chi connectivity index (χ1) is 7.98. The summed E-state index contributed by atoms with van der Waals surface area (Å²) in [6, 6.07) is 1.45. The summed E-state index contributed by atoms with van der Waals surface area (Å²) in [7, 11) is 0. The van der Waals surface area contributed by atoms with Crippen LogP contribution in [0.4, 0.5) is 0 Å². The highest BCUT2D eigenvalue weighted by Gasteiger charge is 2.33. The smallest absolute Gasteiger partial charge is 0.0243 e. The maximum absolute atomic E-state index is 3.74. The molecule has 1 saturated carbocycles. The predicted octanol–water partition coefficient (Wildman–Crippen LogP) is 2.89. The summed E-state index contributed by atoms with van der Waals surface area (Å²) >= 11 is 0. The van der Waals surface area contributed by atoms with Crippen LogP contribution in [0.15, 0.2) is 0 Å². The van der Waals surface area contributed by atoms with E-state index in [4.69, 9.17) is 0 Å².